The molecule has 49 heavy (non-hydrogen) atoms. The highest BCUT2D eigenvalue weighted by Gasteiger charge is 2.24. The Kier molecular flexibility index (Phi) is 13.7. The van der Waals surface area contributed by atoms with Crippen molar-refractivity contribution >= 4 is 0 Å². The molecule has 0 saturated heterocycles. The van der Waals surface area contributed by atoms with Crippen LogP contribution in [0.1, 0.15) is 82.6 Å². The molecule has 0 aromatic heterocycles. The van der Waals surface area contributed by atoms with Gasteiger partial charge in [0.15, 0.2) is 0 Å². The standard InChI is InChI=1S/C43H54O6/c1-7-28-46-38-20-12-33(13-21-38)42(3,4)36-18-26-41(27-19-36)49-31-37(45)11-9-8-10-29-47-39-22-14-34(15-23-39)43(5,6)35-16-24-40(25-17-35)48-30-32(2)44/h7,12-27,32,37,44-45H,1,8-11,28-31H2,2-6H3. The Balaban J connectivity index is 1.12. The van der Waals surface area contributed by atoms with Gasteiger partial charge >= 0.3 is 0 Å². The van der Waals surface area contributed by atoms with Gasteiger partial charge in [0.25, 0.3) is 0 Å². The van der Waals surface area contributed by atoms with Crippen molar-refractivity contribution < 1.29 is 29.2 Å². The van der Waals surface area contributed by atoms with Crippen LogP contribution in [0.5, 0.6) is 23.0 Å². The van der Waals surface area contributed by atoms with Crippen molar-refractivity contribution in [1.29, 1.82) is 0 Å². The number of ether oxygens (including phenoxy) is 4. The van der Waals surface area contributed by atoms with Crippen LogP contribution < -0.4 is 18.9 Å². The highest BCUT2D eigenvalue weighted by atomic mass is 16.5. The van der Waals surface area contributed by atoms with Gasteiger partial charge in [-0.2, -0.15) is 0 Å². The lowest BCUT2D eigenvalue weighted by atomic mass is 9.78. The topological polar surface area (TPSA) is 77.4 Å². The summed E-state index contributed by atoms with van der Waals surface area (Å²) >= 11 is 0. The fourth-order valence-electron chi connectivity index (χ4n) is 5.70. The normalized spacial score (nSPS) is 13.0. The lowest BCUT2D eigenvalue weighted by molar-refractivity contribution is 0.0971. The first-order chi connectivity index (χ1) is 23.5. The van der Waals surface area contributed by atoms with Crippen LogP contribution in [0.25, 0.3) is 0 Å². The number of aliphatic hydroxyl groups excluding tert-OH is 2. The van der Waals surface area contributed by atoms with Gasteiger partial charge in [0.2, 0.25) is 0 Å². The summed E-state index contributed by atoms with van der Waals surface area (Å²) in [5, 5.41) is 19.9. The highest BCUT2D eigenvalue weighted by Crippen LogP contribution is 2.35. The van der Waals surface area contributed by atoms with Gasteiger partial charge in [-0.25, -0.2) is 0 Å². The number of benzene rings is 4. The maximum absolute atomic E-state index is 10.5. The van der Waals surface area contributed by atoms with E-state index in [4.69, 9.17) is 18.9 Å². The van der Waals surface area contributed by atoms with E-state index in [1.54, 1.807) is 13.0 Å². The van der Waals surface area contributed by atoms with Crippen LogP contribution in [0.3, 0.4) is 0 Å². The molecule has 4 aromatic rings. The Labute approximate surface area is 293 Å². The summed E-state index contributed by atoms with van der Waals surface area (Å²) in [6.45, 7) is 15.9. The molecule has 0 fully saturated rings. The Morgan fingerprint density at radius 3 is 1.35 bits per heavy atom. The Hall–Kier alpha value is -4.26. The van der Waals surface area contributed by atoms with Crippen LogP contribution in [0.2, 0.25) is 0 Å². The van der Waals surface area contributed by atoms with Crippen molar-refractivity contribution in [1.82, 2.24) is 0 Å². The van der Waals surface area contributed by atoms with Gasteiger partial charge in [0.05, 0.1) is 18.8 Å². The van der Waals surface area contributed by atoms with Gasteiger partial charge in [0, 0.05) is 10.8 Å². The molecule has 0 saturated carbocycles. The van der Waals surface area contributed by atoms with Crippen LogP contribution in [0, 0.1) is 0 Å². The predicted molar refractivity (Wildman–Crippen MR) is 198 cm³/mol. The van der Waals surface area contributed by atoms with Crippen molar-refractivity contribution in [2.45, 2.75) is 83.3 Å². The van der Waals surface area contributed by atoms with Gasteiger partial charge in [-0.05, 0) is 97.0 Å². The van der Waals surface area contributed by atoms with Crippen LogP contribution >= 0.6 is 0 Å². The molecule has 262 valence electrons. The van der Waals surface area contributed by atoms with Gasteiger partial charge in [0.1, 0.15) is 42.8 Å². The molecule has 4 rings (SSSR count). The van der Waals surface area contributed by atoms with Crippen LogP contribution in [-0.4, -0.2) is 48.8 Å². The SMILES string of the molecule is C=CCOc1ccc(C(C)(C)c2ccc(OCC(O)CCCCCOc3ccc(C(C)(C)c4ccc(OCC(C)O)cc4)cc3)cc2)cc1. The summed E-state index contributed by atoms with van der Waals surface area (Å²) in [6.07, 6.45) is 4.23. The molecule has 6 heteroatoms. The van der Waals surface area contributed by atoms with Crippen molar-refractivity contribution in [2.75, 3.05) is 26.4 Å². The van der Waals surface area contributed by atoms with Crippen molar-refractivity contribution in [3.8, 4) is 23.0 Å². The lowest BCUT2D eigenvalue weighted by Crippen LogP contribution is -2.19. The molecule has 0 spiro atoms. The molecule has 0 aliphatic heterocycles. The second-order valence-electron chi connectivity index (χ2n) is 13.8. The Morgan fingerprint density at radius 1 is 0.551 bits per heavy atom. The molecule has 0 aliphatic rings. The minimum absolute atomic E-state index is 0.177. The molecule has 0 amide bonds. The average molecular weight is 667 g/mol. The van der Waals surface area contributed by atoms with E-state index in [-0.39, 0.29) is 24.0 Å². The largest absolute Gasteiger partial charge is 0.494 e. The molecule has 0 aliphatic carbocycles. The second kappa shape index (κ2) is 17.9. The zero-order chi connectivity index (χ0) is 35.3. The first-order valence-corrected chi connectivity index (χ1v) is 17.4. The third-order valence-electron chi connectivity index (χ3n) is 9.06. The third-order valence-corrected chi connectivity index (χ3v) is 9.06. The zero-order valence-corrected chi connectivity index (χ0v) is 29.9. The van der Waals surface area contributed by atoms with Gasteiger partial charge < -0.3 is 29.2 Å². The van der Waals surface area contributed by atoms with Crippen LogP contribution in [-0.2, 0) is 10.8 Å². The van der Waals surface area contributed by atoms with Gasteiger partial charge in [-0.3, -0.25) is 0 Å². The summed E-state index contributed by atoms with van der Waals surface area (Å²) in [7, 11) is 0. The number of unbranched alkanes of at least 4 members (excludes halogenated alkanes) is 2. The fourth-order valence-corrected chi connectivity index (χ4v) is 5.70. The zero-order valence-electron chi connectivity index (χ0n) is 29.9. The van der Waals surface area contributed by atoms with E-state index in [9.17, 15) is 10.2 Å². The molecule has 0 radical (unpaired) electrons. The molecule has 0 bridgehead atoms. The van der Waals surface area contributed by atoms with E-state index in [1.807, 2.05) is 48.5 Å². The monoisotopic (exact) mass is 666 g/mol. The summed E-state index contributed by atoms with van der Waals surface area (Å²) < 4.78 is 23.1. The number of aliphatic hydroxyl groups is 2. The maximum Gasteiger partial charge on any atom is 0.119 e. The van der Waals surface area contributed by atoms with Gasteiger partial charge in [-0.15, -0.1) is 0 Å². The van der Waals surface area contributed by atoms with E-state index in [2.05, 4.69) is 82.8 Å². The van der Waals surface area contributed by atoms with Crippen molar-refractivity contribution in [2.24, 2.45) is 0 Å². The number of rotatable bonds is 20. The minimum Gasteiger partial charge on any atom is -0.494 e. The van der Waals surface area contributed by atoms with E-state index in [0.29, 0.717) is 19.6 Å². The average Bonchev–Trinajstić information content (AvgIpc) is 3.11. The highest BCUT2D eigenvalue weighted by molar-refractivity contribution is 5.43. The second-order valence-corrected chi connectivity index (χ2v) is 13.8. The summed E-state index contributed by atoms with van der Waals surface area (Å²) in [6, 6.07) is 32.7. The van der Waals surface area contributed by atoms with E-state index in [0.717, 1.165) is 42.3 Å². The van der Waals surface area contributed by atoms with Gasteiger partial charge in [-0.1, -0.05) is 95.3 Å². The summed E-state index contributed by atoms with van der Waals surface area (Å²) in [5.41, 5.74) is 4.41. The maximum atomic E-state index is 10.5. The third kappa shape index (κ3) is 11.1. The molecular formula is C43H54O6. The molecule has 2 atom stereocenters. The molecule has 2 N–H and O–H groups in total. The summed E-state index contributed by atoms with van der Waals surface area (Å²) in [4.78, 5) is 0. The van der Waals surface area contributed by atoms with Crippen LogP contribution in [0.15, 0.2) is 110 Å². The summed E-state index contributed by atoms with van der Waals surface area (Å²) in [5.74, 6) is 3.20. The quantitative estimate of drug-likeness (QED) is 0.0724. The Morgan fingerprint density at radius 2 is 0.939 bits per heavy atom. The number of hydrogen-bond donors (Lipinski definition) is 2. The van der Waals surface area contributed by atoms with Crippen LogP contribution in [0.4, 0.5) is 0 Å². The van der Waals surface area contributed by atoms with E-state index < -0.39 is 12.2 Å². The molecule has 2 unspecified atom stereocenters. The first-order valence-electron chi connectivity index (χ1n) is 17.4. The molecular weight excluding hydrogens is 612 g/mol. The molecule has 6 nitrogen and oxygen atoms in total. The molecule has 0 heterocycles. The first kappa shape index (κ1) is 37.6. The van der Waals surface area contributed by atoms with Crippen molar-refractivity contribution in [3.05, 3.63) is 132 Å². The van der Waals surface area contributed by atoms with E-state index >= 15 is 0 Å². The fraction of sp³-hybridized carbons (Fsp3) is 0.395. The lowest BCUT2D eigenvalue weighted by Gasteiger charge is -2.26. The predicted octanol–water partition coefficient (Wildman–Crippen LogP) is 9.04. The minimum atomic E-state index is -0.511. The Bertz CT molecular complexity index is 1540. The van der Waals surface area contributed by atoms with E-state index in [1.165, 1.54) is 22.3 Å². The molecule has 4 aromatic carbocycles. The van der Waals surface area contributed by atoms with Crippen molar-refractivity contribution in [3.63, 3.8) is 0 Å². The number of hydrogen-bond acceptors (Lipinski definition) is 6. The smallest absolute Gasteiger partial charge is 0.119 e.